The van der Waals surface area contributed by atoms with E-state index in [4.69, 9.17) is 43.7 Å². The molecule has 4 unspecified atom stereocenters. The SMILES string of the molecule is CC1CN(c2ccc3sc(CCC(=O)NCCC[N+]4(N)CCCC4c4ccc(Cl)c(Cl)c4)nc3n2)CC(C)O1. The summed E-state index contributed by atoms with van der Waals surface area (Å²) >= 11 is 14.0. The molecule has 0 spiro atoms. The highest BCUT2D eigenvalue weighted by atomic mass is 35.5. The Morgan fingerprint density at radius 3 is 2.74 bits per heavy atom. The summed E-state index contributed by atoms with van der Waals surface area (Å²) in [6, 6.07) is 10.1. The van der Waals surface area contributed by atoms with Crippen molar-refractivity contribution in [2.24, 2.45) is 5.84 Å². The van der Waals surface area contributed by atoms with Gasteiger partial charge in [-0.25, -0.2) is 14.6 Å². The minimum absolute atomic E-state index is 0.0326. The summed E-state index contributed by atoms with van der Waals surface area (Å²) in [5.41, 5.74) is 1.87. The maximum absolute atomic E-state index is 12.6. The third-order valence-electron chi connectivity index (χ3n) is 7.67. The zero-order valence-corrected chi connectivity index (χ0v) is 24.9. The maximum atomic E-state index is 12.6. The van der Waals surface area contributed by atoms with E-state index in [0.29, 0.717) is 34.0 Å². The Hall–Kier alpha value is -2.01. The summed E-state index contributed by atoms with van der Waals surface area (Å²) in [6.45, 7) is 8.12. The maximum Gasteiger partial charge on any atom is 0.220 e. The number of amides is 1. The van der Waals surface area contributed by atoms with Crippen molar-refractivity contribution in [1.82, 2.24) is 15.3 Å². The van der Waals surface area contributed by atoms with Crippen molar-refractivity contribution in [3.05, 3.63) is 50.9 Å². The molecular weight excluding hydrogens is 555 g/mol. The fourth-order valence-electron chi connectivity index (χ4n) is 5.85. The van der Waals surface area contributed by atoms with Crippen LogP contribution in [0.4, 0.5) is 5.82 Å². The van der Waals surface area contributed by atoms with Crippen molar-refractivity contribution >= 4 is 56.6 Å². The van der Waals surface area contributed by atoms with E-state index in [1.54, 1.807) is 11.3 Å². The van der Waals surface area contributed by atoms with E-state index in [-0.39, 0.29) is 24.2 Å². The predicted molar refractivity (Wildman–Crippen MR) is 158 cm³/mol. The van der Waals surface area contributed by atoms with Crippen molar-refractivity contribution in [2.75, 3.05) is 37.6 Å². The van der Waals surface area contributed by atoms with Crippen LogP contribution in [-0.4, -0.2) is 65.4 Å². The Bertz CT molecular complexity index is 1310. The van der Waals surface area contributed by atoms with Gasteiger partial charge in [0, 0.05) is 57.3 Å². The molecule has 3 N–H and O–H groups in total. The number of halogens is 2. The molecule has 4 heterocycles. The number of hydrogen-bond acceptors (Lipinski definition) is 7. The average Bonchev–Trinajstić information content (AvgIpc) is 3.49. The first kappa shape index (κ1) is 28.5. The lowest BCUT2D eigenvalue weighted by Crippen LogP contribution is -2.54. The number of morpholine rings is 1. The van der Waals surface area contributed by atoms with Crippen LogP contribution >= 0.6 is 34.5 Å². The van der Waals surface area contributed by atoms with Gasteiger partial charge in [0.05, 0.1) is 45.1 Å². The molecule has 0 radical (unpaired) electrons. The topological polar surface area (TPSA) is 93.4 Å². The molecule has 0 saturated carbocycles. The van der Waals surface area contributed by atoms with Crippen molar-refractivity contribution in [2.45, 2.75) is 64.2 Å². The van der Waals surface area contributed by atoms with Gasteiger partial charge in [0.1, 0.15) is 11.9 Å². The first-order valence-electron chi connectivity index (χ1n) is 13.7. The number of aromatic nitrogens is 2. The summed E-state index contributed by atoms with van der Waals surface area (Å²) < 4.78 is 7.36. The molecule has 2 aliphatic rings. The second-order valence-electron chi connectivity index (χ2n) is 10.8. The largest absolute Gasteiger partial charge is 0.372 e. The van der Waals surface area contributed by atoms with Crippen molar-refractivity contribution in [3.63, 3.8) is 0 Å². The number of rotatable bonds is 9. The van der Waals surface area contributed by atoms with Gasteiger partial charge in [0.2, 0.25) is 5.91 Å². The molecule has 2 fully saturated rings. The number of likely N-dealkylation sites (tertiary alicyclic amines) is 1. The van der Waals surface area contributed by atoms with Gasteiger partial charge in [-0.05, 0) is 38.1 Å². The van der Waals surface area contributed by atoms with Crippen LogP contribution in [-0.2, 0) is 16.0 Å². The molecule has 0 aliphatic carbocycles. The van der Waals surface area contributed by atoms with Crippen LogP contribution in [0.5, 0.6) is 0 Å². The number of fused-ring (bicyclic) bond motifs is 1. The van der Waals surface area contributed by atoms with Gasteiger partial charge >= 0.3 is 0 Å². The van der Waals surface area contributed by atoms with Gasteiger partial charge in [0.15, 0.2) is 5.65 Å². The zero-order valence-electron chi connectivity index (χ0n) is 22.5. The van der Waals surface area contributed by atoms with Gasteiger partial charge in [-0.1, -0.05) is 29.3 Å². The number of anilines is 1. The molecule has 2 saturated heterocycles. The molecule has 5 rings (SSSR count). The minimum Gasteiger partial charge on any atom is -0.372 e. The summed E-state index contributed by atoms with van der Waals surface area (Å²) in [7, 11) is 0. The first-order valence-corrected chi connectivity index (χ1v) is 15.3. The Labute approximate surface area is 244 Å². The molecule has 0 bridgehead atoms. The van der Waals surface area contributed by atoms with Crippen LogP contribution in [0.1, 0.15) is 56.1 Å². The summed E-state index contributed by atoms with van der Waals surface area (Å²) in [5.74, 6) is 7.77. The van der Waals surface area contributed by atoms with Crippen molar-refractivity contribution in [1.29, 1.82) is 0 Å². The number of nitrogens with zero attached hydrogens (tertiary/aromatic N) is 4. The lowest BCUT2D eigenvalue weighted by atomic mass is 10.0. The Kier molecular flexibility index (Phi) is 8.95. The van der Waals surface area contributed by atoms with E-state index < -0.39 is 0 Å². The number of ether oxygens (including phenoxy) is 1. The highest BCUT2D eigenvalue weighted by molar-refractivity contribution is 7.18. The molecule has 39 heavy (non-hydrogen) atoms. The van der Waals surface area contributed by atoms with Gasteiger partial charge < -0.3 is 15.0 Å². The van der Waals surface area contributed by atoms with E-state index in [1.807, 2.05) is 18.2 Å². The van der Waals surface area contributed by atoms with Crippen LogP contribution < -0.4 is 16.1 Å². The molecule has 1 aromatic carbocycles. The third kappa shape index (κ3) is 6.84. The van der Waals surface area contributed by atoms with Crippen molar-refractivity contribution in [3.8, 4) is 0 Å². The predicted octanol–water partition coefficient (Wildman–Crippen LogP) is 5.28. The fraction of sp³-hybridized carbons (Fsp3) is 0.536. The number of aryl methyl sites for hydroxylation is 1. The quantitative estimate of drug-likeness (QED) is 0.200. The van der Waals surface area contributed by atoms with Crippen LogP contribution in [0.3, 0.4) is 0 Å². The Morgan fingerprint density at radius 1 is 1.18 bits per heavy atom. The van der Waals surface area contributed by atoms with E-state index in [0.717, 1.165) is 72.2 Å². The van der Waals surface area contributed by atoms with E-state index >= 15 is 0 Å². The lowest BCUT2D eigenvalue weighted by molar-refractivity contribution is -0.956. The highest BCUT2D eigenvalue weighted by Gasteiger charge is 2.40. The third-order valence-corrected chi connectivity index (χ3v) is 9.48. The zero-order chi connectivity index (χ0) is 27.6. The number of nitrogens with one attached hydrogen (secondary N) is 1. The van der Waals surface area contributed by atoms with Crippen LogP contribution in [0.25, 0.3) is 10.3 Å². The number of quaternary nitrogens is 1. The van der Waals surface area contributed by atoms with Crippen LogP contribution in [0, 0.1) is 0 Å². The van der Waals surface area contributed by atoms with Crippen LogP contribution in [0.2, 0.25) is 10.0 Å². The Morgan fingerprint density at radius 2 is 1.97 bits per heavy atom. The normalized spacial score (nSPS) is 25.4. The second-order valence-corrected chi connectivity index (χ2v) is 12.8. The molecule has 210 valence electrons. The van der Waals surface area contributed by atoms with Crippen molar-refractivity contribution < 1.29 is 14.1 Å². The smallest absolute Gasteiger partial charge is 0.220 e. The minimum atomic E-state index is 0.0326. The van der Waals surface area contributed by atoms with Gasteiger partial charge in [-0.3, -0.25) is 4.79 Å². The molecule has 2 aromatic heterocycles. The number of hydrogen-bond donors (Lipinski definition) is 2. The fourth-order valence-corrected chi connectivity index (χ4v) is 7.07. The van der Waals surface area contributed by atoms with E-state index in [2.05, 4.69) is 36.2 Å². The molecule has 3 aromatic rings. The number of pyridine rings is 1. The second kappa shape index (κ2) is 12.2. The van der Waals surface area contributed by atoms with Gasteiger partial charge in [0.25, 0.3) is 0 Å². The first-order chi connectivity index (χ1) is 18.7. The number of nitrogens with two attached hydrogens (primary N) is 1. The summed E-state index contributed by atoms with van der Waals surface area (Å²) in [6.07, 6.45) is 4.25. The average molecular weight is 593 g/mol. The van der Waals surface area contributed by atoms with Gasteiger partial charge in [-0.15, -0.1) is 11.3 Å². The standard InChI is InChI=1S/C28H36Cl2N6O2S/c1-18-16-35(17-19(2)38-18)25-9-8-24-28(33-25)34-27(39-24)11-10-26(37)32-12-4-14-36(31)13-3-5-23(36)20-6-7-21(29)22(30)15-20/h6-9,15,18-19,23H,3-5,10-14,16-17,31H2,1-2H3/p+1. The summed E-state index contributed by atoms with van der Waals surface area (Å²) in [5, 5.41) is 5.11. The molecule has 1 amide bonds. The Balaban J connectivity index is 1.09. The molecule has 8 nitrogen and oxygen atoms in total. The van der Waals surface area contributed by atoms with Gasteiger partial charge in [-0.2, -0.15) is 5.84 Å². The van der Waals surface area contributed by atoms with E-state index in [9.17, 15) is 4.79 Å². The number of thiazole rings is 1. The molecule has 2 aliphatic heterocycles. The molecule has 4 atom stereocenters. The summed E-state index contributed by atoms with van der Waals surface area (Å²) in [4.78, 5) is 24.3. The molecular formula is C28H37Cl2N6O2S+. The number of carbonyl (C=O) groups excluding carboxylic acids is 1. The van der Waals surface area contributed by atoms with Crippen LogP contribution in [0.15, 0.2) is 30.3 Å². The number of benzene rings is 1. The number of carbonyl (C=O) groups is 1. The molecule has 11 heteroatoms. The highest BCUT2D eigenvalue weighted by Crippen LogP contribution is 2.38. The lowest BCUT2D eigenvalue weighted by Gasteiger charge is -2.36. The van der Waals surface area contributed by atoms with E-state index in [1.165, 1.54) is 0 Å². The monoisotopic (exact) mass is 591 g/mol.